The average Bonchev–Trinajstić information content (AvgIpc) is 2.17. The lowest BCUT2D eigenvalue weighted by Gasteiger charge is -2.46. The van der Waals surface area contributed by atoms with E-state index < -0.39 is 34.5 Å². The standard InChI is InChI=1S/C11H29BrO5Si4/c1-18(2)14-19(3,4)16-21(7,13-11-9-8-10-12)17-20(5,6)15-18/h8-11H2,1-7H3. The van der Waals surface area contributed by atoms with Gasteiger partial charge in [-0.05, 0) is 52.1 Å². The molecule has 0 saturated carbocycles. The normalized spacial score (nSPS) is 26.9. The minimum Gasteiger partial charge on any atom is -0.416 e. The highest BCUT2D eigenvalue weighted by Gasteiger charge is 2.54. The van der Waals surface area contributed by atoms with Crippen molar-refractivity contribution in [3.8, 4) is 0 Å². The van der Waals surface area contributed by atoms with Crippen molar-refractivity contribution in [3.63, 3.8) is 0 Å². The molecule has 1 heterocycles. The number of hydrogen-bond donors (Lipinski definition) is 0. The van der Waals surface area contributed by atoms with E-state index in [-0.39, 0.29) is 0 Å². The molecule has 0 amide bonds. The molecule has 1 rings (SSSR count). The van der Waals surface area contributed by atoms with Gasteiger partial charge in [0.15, 0.2) is 0 Å². The predicted octanol–water partition coefficient (Wildman–Crippen LogP) is 3.93. The lowest BCUT2D eigenvalue weighted by Crippen LogP contribution is -2.66. The van der Waals surface area contributed by atoms with Crippen LogP contribution in [0, 0.1) is 0 Å². The van der Waals surface area contributed by atoms with Gasteiger partial charge in [0.2, 0.25) is 0 Å². The summed E-state index contributed by atoms with van der Waals surface area (Å²) in [6.07, 6.45) is 2.07. The zero-order chi connectivity index (χ0) is 16.4. The van der Waals surface area contributed by atoms with E-state index in [1.54, 1.807) is 0 Å². The molecule has 126 valence electrons. The molecule has 0 spiro atoms. The Balaban J connectivity index is 2.83. The smallest absolute Gasteiger partial charge is 0.416 e. The molecule has 0 aliphatic carbocycles. The van der Waals surface area contributed by atoms with Crippen LogP contribution in [0.1, 0.15) is 12.8 Å². The van der Waals surface area contributed by atoms with E-state index in [0.29, 0.717) is 6.61 Å². The molecule has 5 nitrogen and oxygen atoms in total. The van der Waals surface area contributed by atoms with Gasteiger partial charge in [-0.3, -0.25) is 0 Å². The number of unbranched alkanes of at least 4 members (excludes halogenated alkanes) is 1. The summed E-state index contributed by atoms with van der Waals surface area (Å²) in [6, 6.07) is 0. The van der Waals surface area contributed by atoms with Crippen molar-refractivity contribution in [1.29, 1.82) is 0 Å². The molecule has 0 aromatic rings. The summed E-state index contributed by atoms with van der Waals surface area (Å²) in [6.45, 7) is 14.9. The van der Waals surface area contributed by atoms with Crippen LogP contribution in [0.4, 0.5) is 0 Å². The van der Waals surface area contributed by atoms with Crippen LogP contribution in [0.3, 0.4) is 0 Å². The molecule has 0 bridgehead atoms. The van der Waals surface area contributed by atoms with Gasteiger partial charge in [-0.1, -0.05) is 15.9 Å². The van der Waals surface area contributed by atoms with Gasteiger partial charge in [-0.15, -0.1) is 0 Å². The van der Waals surface area contributed by atoms with Gasteiger partial charge >= 0.3 is 34.5 Å². The van der Waals surface area contributed by atoms with Gasteiger partial charge in [0, 0.05) is 18.5 Å². The lowest BCUT2D eigenvalue weighted by atomic mass is 10.4. The summed E-state index contributed by atoms with van der Waals surface area (Å²) < 4.78 is 31.2. The Hall–Kier alpha value is 1.15. The van der Waals surface area contributed by atoms with E-state index in [9.17, 15) is 0 Å². The van der Waals surface area contributed by atoms with Crippen molar-refractivity contribution in [1.82, 2.24) is 0 Å². The molecule has 0 unspecified atom stereocenters. The largest absolute Gasteiger partial charge is 0.479 e. The van der Waals surface area contributed by atoms with Gasteiger partial charge in [0.1, 0.15) is 0 Å². The van der Waals surface area contributed by atoms with Gasteiger partial charge in [-0.25, -0.2) is 0 Å². The van der Waals surface area contributed by atoms with Crippen molar-refractivity contribution in [3.05, 3.63) is 0 Å². The third kappa shape index (κ3) is 7.50. The van der Waals surface area contributed by atoms with E-state index in [4.69, 9.17) is 20.9 Å². The third-order valence-electron chi connectivity index (χ3n) is 2.74. The quantitative estimate of drug-likeness (QED) is 0.373. The predicted molar refractivity (Wildman–Crippen MR) is 97.4 cm³/mol. The molecule has 0 N–H and O–H groups in total. The first kappa shape index (κ1) is 20.2. The molecular weight excluding hydrogens is 404 g/mol. The molecule has 0 aromatic heterocycles. The minimum atomic E-state index is -2.72. The maximum Gasteiger partial charge on any atom is 0.479 e. The molecule has 1 aliphatic rings. The SMILES string of the molecule is C[Si]1(C)O[Si](C)(C)O[Si](C)(OCCCCBr)O[Si](C)(C)O1. The Bertz CT molecular complexity index is 332. The first-order valence-electron chi connectivity index (χ1n) is 7.39. The van der Waals surface area contributed by atoms with Crippen molar-refractivity contribution in [2.24, 2.45) is 0 Å². The zero-order valence-corrected chi connectivity index (χ0v) is 19.8. The second-order valence-electron chi connectivity index (χ2n) is 6.71. The van der Waals surface area contributed by atoms with Crippen LogP contribution >= 0.6 is 15.9 Å². The molecular formula is C11H29BrO5Si4. The van der Waals surface area contributed by atoms with Gasteiger partial charge in [-0.2, -0.15) is 0 Å². The van der Waals surface area contributed by atoms with E-state index in [1.165, 1.54) is 0 Å². The molecule has 1 aliphatic heterocycles. The Morgan fingerprint density at radius 2 is 1.14 bits per heavy atom. The summed E-state index contributed by atoms with van der Waals surface area (Å²) >= 11 is 3.43. The molecule has 1 fully saturated rings. The molecule has 0 atom stereocenters. The highest BCUT2D eigenvalue weighted by Crippen LogP contribution is 2.31. The first-order valence-corrected chi connectivity index (χ1v) is 19.2. The van der Waals surface area contributed by atoms with Crippen molar-refractivity contribution in [2.75, 3.05) is 11.9 Å². The van der Waals surface area contributed by atoms with Crippen LogP contribution in [0.5, 0.6) is 0 Å². The highest BCUT2D eigenvalue weighted by molar-refractivity contribution is 9.09. The van der Waals surface area contributed by atoms with Gasteiger partial charge in [0.05, 0.1) is 0 Å². The maximum atomic E-state index is 6.31. The summed E-state index contributed by atoms with van der Waals surface area (Å²) in [5.41, 5.74) is 0. The van der Waals surface area contributed by atoms with E-state index in [0.717, 1.165) is 18.2 Å². The van der Waals surface area contributed by atoms with Gasteiger partial charge in [0.25, 0.3) is 0 Å². The molecule has 0 aromatic carbocycles. The third-order valence-corrected chi connectivity index (χ3v) is 18.8. The number of rotatable bonds is 5. The van der Waals surface area contributed by atoms with E-state index in [1.807, 2.05) is 32.7 Å². The molecule has 0 radical (unpaired) electrons. The zero-order valence-electron chi connectivity index (χ0n) is 14.2. The van der Waals surface area contributed by atoms with Crippen LogP contribution in [-0.4, -0.2) is 46.4 Å². The summed E-state index contributed by atoms with van der Waals surface area (Å²) in [7, 11) is -9.57. The van der Waals surface area contributed by atoms with Crippen molar-refractivity contribution < 1.29 is 20.9 Å². The second-order valence-corrected chi connectivity index (χ2v) is 21.2. The fourth-order valence-corrected chi connectivity index (χ4v) is 22.8. The summed E-state index contributed by atoms with van der Waals surface area (Å²) in [4.78, 5) is 0. The van der Waals surface area contributed by atoms with Gasteiger partial charge < -0.3 is 20.9 Å². The monoisotopic (exact) mass is 432 g/mol. The minimum absolute atomic E-state index is 0.657. The molecule has 10 heteroatoms. The topological polar surface area (TPSA) is 46.2 Å². The second kappa shape index (κ2) is 7.36. The van der Waals surface area contributed by atoms with E-state index >= 15 is 0 Å². The summed E-state index contributed by atoms with van der Waals surface area (Å²) in [5, 5.41) is 0.989. The fourth-order valence-electron chi connectivity index (χ4n) is 2.67. The fraction of sp³-hybridized carbons (Fsp3) is 1.00. The van der Waals surface area contributed by atoms with Crippen LogP contribution < -0.4 is 0 Å². The van der Waals surface area contributed by atoms with Crippen LogP contribution in [0.25, 0.3) is 0 Å². The Morgan fingerprint density at radius 1 is 0.714 bits per heavy atom. The van der Waals surface area contributed by atoms with Crippen LogP contribution in [-0.2, 0) is 20.9 Å². The van der Waals surface area contributed by atoms with E-state index in [2.05, 4.69) is 29.0 Å². The lowest BCUT2D eigenvalue weighted by molar-refractivity contribution is 0.127. The Morgan fingerprint density at radius 3 is 1.57 bits per heavy atom. The Labute approximate surface area is 141 Å². The number of alkyl halides is 1. The van der Waals surface area contributed by atoms with Crippen LogP contribution in [0.2, 0.25) is 45.8 Å². The van der Waals surface area contributed by atoms with Crippen molar-refractivity contribution in [2.45, 2.75) is 58.7 Å². The maximum absolute atomic E-state index is 6.31. The van der Waals surface area contributed by atoms with Crippen molar-refractivity contribution >= 4 is 50.4 Å². The molecule has 1 saturated heterocycles. The number of hydrogen-bond acceptors (Lipinski definition) is 5. The Kier molecular flexibility index (Phi) is 7.08. The molecule has 21 heavy (non-hydrogen) atoms. The highest BCUT2D eigenvalue weighted by atomic mass is 79.9. The van der Waals surface area contributed by atoms with Crippen LogP contribution in [0.15, 0.2) is 0 Å². The first-order chi connectivity index (χ1) is 9.39. The summed E-state index contributed by atoms with van der Waals surface area (Å²) in [5.74, 6) is 0. The average molecular weight is 434 g/mol. The number of halogens is 1.